The number of rotatable bonds is 4. The van der Waals surface area contributed by atoms with E-state index in [1.165, 1.54) is 18.4 Å². The first kappa shape index (κ1) is 18.3. The molecular formula is C15H27IN4O. The van der Waals surface area contributed by atoms with Crippen molar-refractivity contribution in [3.05, 3.63) is 17.0 Å². The van der Waals surface area contributed by atoms with E-state index in [-0.39, 0.29) is 24.0 Å². The highest BCUT2D eigenvalue weighted by Crippen LogP contribution is 2.16. The lowest BCUT2D eigenvalue weighted by Crippen LogP contribution is -2.42. The summed E-state index contributed by atoms with van der Waals surface area (Å²) < 4.78 is 5.16. The number of aryl methyl sites for hydroxylation is 2. The van der Waals surface area contributed by atoms with Gasteiger partial charge in [-0.05, 0) is 45.4 Å². The second-order valence-corrected chi connectivity index (χ2v) is 5.82. The summed E-state index contributed by atoms with van der Waals surface area (Å²) in [6.45, 7) is 9.09. The van der Waals surface area contributed by atoms with Gasteiger partial charge in [-0.25, -0.2) is 0 Å². The van der Waals surface area contributed by atoms with Crippen molar-refractivity contribution in [2.24, 2.45) is 16.6 Å². The molecular weight excluding hydrogens is 379 g/mol. The van der Waals surface area contributed by atoms with Gasteiger partial charge >= 0.3 is 0 Å². The molecule has 0 spiro atoms. The molecule has 0 atom stereocenters. The quantitative estimate of drug-likeness (QED) is 0.362. The maximum Gasteiger partial charge on any atom is 0.191 e. The van der Waals surface area contributed by atoms with Gasteiger partial charge in [-0.15, -0.1) is 24.0 Å². The Morgan fingerprint density at radius 3 is 2.62 bits per heavy atom. The van der Waals surface area contributed by atoms with Crippen molar-refractivity contribution in [1.82, 2.24) is 10.1 Å². The molecule has 0 amide bonds. The molecule has 1 aromatic heterocycles. The fourth-order valence-corrected chi connectivity index (χ4v) is 2.65. The summed E-state index contributed by atoms with van der Waals surface area (Å²) in [4.78, 5) is 6.71. The van der Waals surface area contributed by atoms with Crippen LogP contribution in [0.25, 0.3) is 0 Å². The molecule has 0 aromatic carbocycles. The topological polar surface area (TPSA) is 67.6 Å². The predicted octanol–water partition coefficient (Wildman–Crippen LogP) is 2.89. The largest absolute Gasteiger partial charge is 0.370 e. The number of halogens is 1. The number of likely N-dealkylation sites (tertiary alicyclic amines) is 1. The van der Waals surface area contributed by atoms with E-state index in [9.17, 15) is 0 Å². The second-order valence-electron chi connectivity index (χ2n) is 5.82. The van der Waals surface area contributed by atoms with Crippen LogP contribution in [0.3, 0.4) is 0 Å². The Hall–Kier alpha value is -0.790. The minimum absolute atomic E-state index is 0. The van der Waals surface area contributed by atoms with Crippen molar-refractivity contribution in [3.63, 3.8) is 0 Å². The zero-order valence-electron chi connectivity index (χ0n) is 13.3. The summed E-state index contributed by atoms with van der Waals surface area (Å²) in [7, 11) is 0. The number of aromatic nitrogens is 1. The van der Waals surface area contributed by atoms with Crippen LogP contribution < -0.4 is 5.73 Å². The van der Waals surface area contributed by atoms with Crippen molar-refractivity contribution in [1.29, 1.82) is 0 Å². The molecule has 6 heteroatoms. The highest BCUT2D eigenvalue weighted by atomic mass is 127. The molecule has 21 heavy (non-hydrogen) atoms. The van der Waals surface area contributed by atoms with Crippen molar-refractivity contribution in [2.45, 2.75) is 46.5 Å². The van der Waals surface area contributed by atoms with E-state index in [1.54, 1.807) is 0 Å². The standard InChI is InChI=1S/C15H26N4O.HI/c1-11-6-9-19(10-7-11)15(16)17-8-4-5-14-12(2)18-20-13(14)3;/h11H,4-10H2,1-3H3,(H2,16,17);1H. The van der Waals surface area contributed by atoms with Crippen molar-refractivity contribution < 1.29 is 4.52 Å². The van der Waals surface area contributed by atoms with E-state index in [4.69, 9.17) is 10.3 Å². The molecule has 2 rings (SSSR count). The zero-order chi connectivity index (χ0) is 14.5. The second kappa shape index (κ2) is 8.60. The molecule has 1 aromatic rings. The third kappa shape index (κ3) is 5.16. The van der Waals surface area contributed by atoms with Gasteiger partial charge < -0.3 is 15.2 Å². The number of aliphatic imine (C=N–C) groups is 1. The Balaban J connectivity index is 0.00000220. The lowest BCUT2D eigenvalue weighted by Gasteiger charge is -2.31. The lowest BCUT2D eigenvalue weighted by atomic mass is 10.00. The van der Waals surface area contributed by atoms with Crippen LogP contribution in [0.1, 0.15) is 43.2 Å². The van der Waals surface area contributed by atoms with Gasteiger partial charge in [0.15, 0.2) is 5.96 Å². The Bertz CT molecular complexity index is 445. The van der Waals surface area contributed by atoms with Gasteiger partial charge in [-0.3, -0.25) is 4.99 Å². The van der Waals surface area contributed by atoms with Gasteiger partial charge in [0.25, 0.3) is 0 Å². The average Bonchev–Trinajstić information content (AvgIpc) is 2.75. The number of nitrogens with two attached hydrogens (primary N) is 1. The monoisotopic (exact) mass is 406 g/mol. The molecule has 2 N–H and O–H groups in total. The van der Waals surface area contributed by atoms with E-state index < -0.39 is 0 Å². The molecule has 0 unspecified atom stereocenters. The van der Waals surface area contributed by atoms with Crippen molar-refractivity contribution in [3.8, 4) is 0 Å². The van der Waals surface area contributed by atoms with Gasteiger partial charge in [-0.2, -0.15) is 0 Å². The minimum Gasteiger partial charge on any atom is -0.370 e. The summed E-state index contributed by atoms with van der Waals surface area (Å²) in [6.07, 6.45) is 4.37. The molecule has 0 bridgehead atoms. The van der Waals surface area contributed by atoms with Crippen LogP contribution in [0.5, 0.6) is 0 Å². The lowest BCUT2D eigenvalue weighted by molar-refractivity contribution is 0.277. The normalized spacial score (nSPS) is 16.9. The molecule has 1 aliphatic rings. The van der Waals surface area contributed by atoms with Gasteiger partial charge in [0.1, 0.15) is 5.76 Å². The molecule has 1 saturated heterocycles. The Kier molecular flexibility index (Phi) is 7.48. The number of nitrogens with zero attached hydrogens (tertiary/aromatic N) is 3. The third-order valence-corrected chi connectivity index (χ3v) is 4.15. The van der Waals surface area contributed by atoms with Crippen LogP contribution >= 0.6 is 24.0 Å². The number of hydrogen-bond acceptors (Lipinski definition) is 3. The van der Waals surface area contributed by atoms with Crippen molar-refractivity contribution >= 4 is 29.9 Å². The molecule has 2 heterocycles. The van der Waals surface area contributed by atoms with Gasteiger partial charge in [0, 0.05) is 25.2 Å². The Morgan fingerprint density at radius 1 is 1.38 bits per heavy atom. The molecule has 0 saturated carbocycles. The van der Waals surface area contributed by atoms with Crippen LogP contribution in [0, 0.1) is 19.8 Å². The smallest absolute Gasteiger partial charge is 0.191 e. The van der Waals surface area contributed by atoms with Gasteiger partial charge in [0.2, 0.25) is 0 Å². The molecule has 0 aliphatic carbocycles. The summed E-state index contributed by atoms with van der Waals surface area (Å²) in [5, 5.41) is 3.97. The number of guanidine groups is 1. The van der Waals surface area contributed by atoms with Gasteiger partial charge in [0.05, 0.1) is 5.69 Å². The first-order valence-electron chi connectivity index (χ1n) is 7.54. The van der Waals surface area contributed by atoms with Crippen LogP contribution in [-0.4, -0.2) is 35.7 Å². The van der Waals surface area contributed by atoms with E-state index in [1.807, 2.05) is 13.8 Å². The Labute approximate surface area is 144 Å². The van der Waals surface area contributed by atoms with Crippen LogP contribution in [-0.2, 0) is 6.42 Å². The predicted molar refractivity (Wildman–Crippen MR) is 96.2 cm³/mol. The van der Waals surface area contributed by atoms with E-state index in [0.29, 0.717) is 5.96 Å². The zero-order valence-corrected chi connectivity index (χ0v) is 15.6. The highest BCUT2D eigenvalue weighted by Gasteiger charge is 2.16. The number of piperidine rings is 1. The van der Waals surface area contributed by atoms with Crippen molar-refractivity contribution in [2.75, 3.05) is 19.6 Å². The maximum atomic E-state index is 6.06. The van der Waals surface area contributed by atoms with E-state index >= 15 is 0 Å². The molecule has 1 fully saturated rings. The summed E-state index contributed by atoms with van der Waals surface area (Å²) in [5.41, 5.74) is 8.26. The van der Waals surface area contributed by atoms with Crippen LogP contribution in [0.15, 0.2) is 9.52 Å². The fraction of sp³-hybridized carbons (Fsp3) is 0.733. The first-order chi connectivity index (χ1) is 9.58. The first-order valence-corrected chi connectivity index (χ1v) is 7.54. The third-order valence-electron chi connectivity index (χ3n) is 4.15. The summed E-state index contributed by atoms with van der Waals surface area (Å²) in [5.74, 6) is 2.44. The minimum atomic E-state index is 0. The maximum absolute atomic E-state index is 6.06. The molecule has 1 aliphatic heterocycles. The molecule has 120 valence electrons. The molecule has 0 radical (unpaired) electrons. The van der Waals surface area contributed by atoms with Crippen LogP contribution in [0.2, 0.25) is 0 Å². The fourth-order valence-electron chi connectivity index (χ4n) is 2.65. The van der Waals surface area contributed by atoms with E-state index in [0.717, 1.165) is 49.8 Å². The Morgan fingerprint density at radius 2 is 2.05 bits per heavy atom. The summed E-state index contributed by atoms with van der Waals surface area (Å²) in [6, 6.07) is 0. The average molecular weight is 406 g/mol. The van der Waals surface area contributed by atoms with Crippen LogP contribution in [0.4, 0.5) is 0 Å². The van der Waals surface area contributed by atoms with E-state index in [2.05, 4.69) is 22.0 Å². The number of hydrogen-bond donors (Lipinski definition) is 1. The van der Waals surface area contributed by atoms with Gasteiger partial charge in [-0.1, -0.05) is 12.1 Å². The SMILES string of the molecule is Cc1noc(C)c1CCCN=C(N)N1CCC(C)CC1.I. The summed E-state index contributed by atoms with van der Waals surface area (Å²) >= 11 is 0. The molecule has 5 nitrogen and oxygen atoms in total. The highest BCUT2D eigenvalue weighted by molar-refractivity contribution is 14.0.